The Kier molecular flexibility index (Phi) is 7.16. The van der Waals surface area contributed by atoms with E-state index in [1.54, 1.807) is 36.0 Å². The standard InChI is InChI=1S/C20H20N4O2S2/c1-14(25)16-10-5-6-11-17(16)22-18(26)12-7-13-27-20-24-23-19(28-20)21-15-8-3-2-4-9-15/h2-6,8-11H,7,12-13H2,1H3,(H,21,23)(H,22,26). The van der Waals surface area contributed by atoms with Crippen LogP contribution < -0.4 is 10.6 Å². The Morgan fingerprint density at radius 1 is 1.04 bits per heavy atom. The second kappa shape index (κ2) is 10.0. The fourth-order valence-corrected chi connectivity index (χ4v) is 4.25. The number of benzene rings is 2. The van der Waals surface area contributed by atoms with E-state index in [1.165, 1.54) is 18.3 Å². The Hall–Kier alpha value is -2.71. The highest BCUT2D eigenvalue weighted by Crippen LogP contribution is 2.28. The average Bonchev–Trinajstić information content (AvgIpc) is 3.13. The maximum Gasteiger partial charge on any atom is 0.224 e. The van der Waals surface area contributed by atoms with Gasteiger partial charge in [0, 0.05) is 23.4 Å². The SMILES string of the molecule is CC(=O)c1ccccc1NC(=O)CCCSc1nnc(Nc2ccccc2)s1. The summed E-state index contributed by atoms with van der Waals surface area (Å²) in [5.74, 6) is 0.600. The lowest BCUT2D eigenvalue weighted by atomic mass is 10.1. The molecule has 1 heterocycles. The third kappa shape index (κ3) is 5.90. The number of carbonyl (C=O) groups excluding carboxylic acids is 2. The van der Waals surface area contributed by atoms with Gasteiger partial charge in [0.15, 0.2) is 10.1 Å². The number of Topliss-reactive ketones (excluding diaryl/α,β-unsaturated/α-hetero) is 1. The number of anilines is 3. The van der Waals surface area contributed by atoms with Crippen molar-refractivity contribution in [1.29, 1.82) is 0 Å². The first-order valence-corrected chi connectivity index (χ1v) is 10.6. The highest BCUT2D eigenvalue weighted by molar-refractivity contribution is 8.01. The highest BCUT2D eigenvalue weighted by atomic mass is 32.2. The summed E-state index contributed by atoms with van der Waals surface area (Å²) >= 11 is 3.06. The smallest absolute Gasteiger partial charge is 0.224 e. The van der Waals surface area contributed by atoms with Gasteiger partial charge in [-0.15, -0.1) is 10.2 Å². The van der Waals surface area contributed by atoms with Crippen LogP contribution in [0.4, 0.5) is 16.5 Å². The van der Waals surface area contributed by atoms with Gasteiger partial charge in [0.25, 0.3) is 0 Å². The van der Waals surface area contributed by atoms with Gasteiger partial charge in [-0.25, -0.2) is 0 Å². The molecule has 28 heavy (non-hydrogen) atoms. The van der Waals surface area contributed by atoms with E-state index in [0.29, 0.717) is 24.1 Å². The average molecular weight is 413 g/mol. The van der Waals surface area contributed by atoms with E-state index in [4.69, 9.17) is 0 Å². The van der Waals surface area contributed by atoms with Crippen LogP contribution in [-0.2, 0) is 4.79 Å². The molecule has 0 spiro atoms. The zero-order chi connectivity index (χ0) is 19.8. The van der Waals surface area contributed by atoms with Crippen molar-refractivity contribution in [3.8, 4) is 0 Å². The molecule has 0 aliphatic rings. The molecule has 0 fully saturated rings. The van der Waals surface area contributed by atoms with Gasteiger partial charge in [0.1, 0.15) is 0 Å². The van der Waals surface area contributed by atoms with Crippen molar-refractivity contribution < 1.29 is 9.59 Å². The second-order valence-corrected chi connectivity index (χ2v) is 8.29. The molecule has 0 aliphatic carbocycles. The van der Waals surface area contributed by atoms with E-state index in [9.17, 15) is 9.59 Å². The first kappa shape index (κ1) is 20.0. The number of thioether (sulfide) groups is 1. The van der Waals surface area contributed by atoms with E-state index in [1.807, 2.05) is 30.3 Å². The van der Waals surface area contributed by atoms with Gasteiger partial charge in [-0.05, 0) is 37.6 Å². The van der Waals surface area contributed by atoms with Crippen molar-refractivity contribution in [1.82, 2.24) is 10.2 Å². The molecule has 0 aliphatic heterocycles. The second-order valence-electron chi connectivity index (χ2n) is 5.97. The molecule has 3 rings (SSSR count). The zero-order valence-electron chi connectivity index (χ0n) is 15.3. The van der Waals surface area contributed by atoms with E-state index >= 15 is 0 Å². The molecule has 1 amide bonds. The molecule has 2 N–H and O–H groups in total. The van der Waals surface area contributed by atoms with Crippen molar-refractivity contribution >= 4 is 51.3 Å². The molecule has 3 aromatic rings. The normalized spacial score (nSPS) is 10.5. The Bertz CT molecular complexity index is 944. The molecular weight excluding hydrogens is 392 g/mol. The molecule has 6 nitrogen and oxygen atoms in total. The number of hydrogen-bond acceptors (Lipinski definition) is 7. The summed E-state index contributed by atoms with van der Waals surface area (Å²) in [5.41, 5.74) is 2.06. The number of ketones is 1. The third-order valence-corrected chi connectivity index (χ3v) is 5.84. The van der Waals surface area contributed by atoms with Gasteiger partial charge in [-0.1, -0.05) is 53.4 Å². The summed E-state index contributed by atoms with van der Waals surface area (Å²) in [5, 5.41) is 15.1. The summed E-state index contributed by atoms with van der Waals surface area (Å²) in [6.07, 6.45) is 1.09. The monoisotopic (exact) mass is 412 g/mol. The van der Waals surface area contributed by atoms with Gasteiger partial charge in [-0.3, -0.25) is 9.59 Å². The summed E-state index contributed by atoms with van der Waals surface area (Å²) in [6.45, 7) is 1.49. The molecule has 0 bridgehead atoms. The largest absolute Gasteiger partial charge is 0.330 e. The lowest BCUT2D eigenvalue weighted by Gasteiger charge is -2.08. The first-order chi connectivity index (χ1) is 13.6. The molecular formula is C20H20N4O2S2. The Morgan fingerprint density at radius 3 is 2.57 bits per heavy atom. The molecule has 0 atom stereocenters. The number of aromatic nitrogens is 2. The molecule has 0 saturated carbocycles. The topological polar surface area (TPSA) is 84.0 Å². The number of para-hydroxylation sites is 2. The Labute approximate surface area is 171 Å². The molecule has 8 heteroatoms. The van der Waals surface area contributed by atoms with Gasteiger partial charge in [0.05, 0.1) is 5.69 Å². The van der Waals surface area contributed by atoms with Crippen molar-refractivity contribution in [2.45, 2.75) is 24.1 Å². The van der Waals surface area contributed by atoms with Crippen molar-refractivity contribution in [3.63, 3.8) is 0 Å². The van der Waals surface area contributed by atoms with Gasteiger partial charge < -0.3 is 10.6 Å². The summed E-state index contributed by atoms with van der Waals surface area (Å²) < 4.78 is 0.862. The third-order valence-electron chi connectivity index (χ3n) is 3.79. The van der Waals surface area contributed by atoms with E-state index in [2.05, 4.69) is 20.8 Å². The maximum atomic E-state index is 12.1. The summed E-state index contributed by atoms with van der Waals surface area (Å²) in [6, 6.07) is 16.9. The van der Waals surface area contributed by atoms with Crippen molar-refractivity contribution in [3.05, 3.63) is 60.2 Å². The Morgan fingerprint density at radius 2 is 1.79 bits per heavy atom. The summed E-state index contributed by atoms with van der Waals surface area (Å²) in [4.78, 5) is 23.7. The van der Waals surface area contributed by atoms with Gasteiger partial charge in [0.2, 0.25) is 11.0 Å². The minimum Gasteiger partial charge on any atom is -0.330 e. The number of carbonyl (C=O) groups is 2. The minimum atomic E-state index is -0.0991. The van der Waals surface area contributed by atoms with E-state index in [-0.39, 0.29) is 11.7 Å². The number of amides is 1. The van der Waals surface area contributed by atoms with E-state index in [0.717, 1.165) is 20.9 Å². The predicted octanol–water partition coefficient (Wildman–Crippen LogP) is 5.00. The number of rotatable bonds is 9. The van der Waals surface area contributed by atoms with Crippen LogP contribution in [0.3, 0.4) is 0 Å². The van der Waals surface area contributed by atoms with Gasteiger partial charge in [-0.2, -0.15) is 0 Å². The predicted molar refractivity (Wildman–Crippen MR) is 115 cm³/mol. The quantitative estimate of drug-likeness (QED) is 0.292. The number of hydrogen-bond donors (Lipinski definition) is 2. The van der Waals surface area contributed by atoms with Crippen LogP contribution in [0.15, 0.2) is 58.9 Å². The van der Waals surface area contributed by atoms with Crippen LogP contribution in [0.25, 0.3) is 0 Å². The Balaban J connectivity index is 1.41. The van der Waals surface area contributed by atoms with Crippen molar-refractivity contribution in [2.75, 3.05) is 16.4 Å². The minimum absolute atomic E-state index is 0.0670. The first-order valence-electron chi connectivity index (χ1n) is 8.80. The van der Waals surface area contributed by atoms with Crippen LogP contribution in [0.5, 0.6) is 0 Å². The molecule has 0 unspecified atom stereocenters. The molecule has 1 aromatic heterocycles. The van der Waals surface area contributed by atoms with Crippen LogP contribution >= 0.6 is 23.1 Å². The summed E-state index contributed by atoms with van der Waals surface area (Å²) in [7, 11) is 0. The van der Waals surface area contributed by atoms with Crippen LogP contribution in [0.2, 0.25) is 0 Å². The fourth-order valence-electron chi connectivity index (χ4n) is 2.47. The molecule has 0 radical (unpaired) electrons. The van der Waals surface area contributed by atoms with E-state index < -0.39 is 0 Å². The van der Waals surface area contributed by atoms with Crippen molar-refractivity contribution in [2.24, 2.45) is 0 Å². The maximum absolute atomic E-state index is 12.1. The molecule has 2 aromatic carbocycles. The number of nitrogens with zero attached hydrogens (tertiary/aromatic N) is 2. The molecule has 144 valence electrons. The lowest BCUT2D eigenvalue weighted by molar-refractivity contribution is -0.116. The molecule has 0 saturated heterocycles. The zero-order valence-corrected chi connectivity index (χ0v) is 17.0. The van der Waals surface area contributed by atoms with Crippen LogP contribution in [-0.4, -0.2) is 27.6 Å². The lowest BCUT2D eigenvalue weighted by Crippen LogP contribution is -2.13. The number of nitrogens with one attached hydrogen (secondary N) is 2. The van der Waals surface area contributed by atoms with Crippen LogP contribution in [0.1, 0.15) is 30.1 Å². The highest BCUT2D eigenvalue weighted by Gasteiger charge is 2.10. The fraction of sp³-hybridized carbons (Fsp3) is 0.200. The van der Waals surface area contributed by atoms with Gasteiger partial charge >= 0.3 is 0 Å². The van der Waals surface area contributed by atoms with Crippen LogP contribution in [0, 0.1) is 0 Å².